The van der Waals surface area contributed by atoms with E-state index in [1.807, 2.05) is 0 Å². The molecule has 2 atom stereocenters. The van der Waals surface area contributed by atoms with Gasteiger partial charge in [-0.1, -0.05) is 12.8 Å². The van der Waals surface area contributed by atoms with Crippen molar-refractivity contribution < 1.29 is 14.6 Å². The Balaban J connectivity index is 2.34. The zero-order valence-corrected chi connectivity index (χ0v) is 9.37. The molecule has 0 aromatic heterocycles. The summed E-state index contributed by atoms with van der Waals surface area (Å²) < 4.78 is 4.87. The van der Waals surface area contributed by atoms with Gasteiger partial charge < -0.3 is 15.2 Å². The van der Waals surface area contributed by atoms with Crippen LogP contribution in [0.5, 0.6) is 0 Å². The Hall–Kier alpha value is -0.610. The number of hydrogen-bond donors (Lipinski definition) is 2. The number of ether oxygens (including phenoxy) is 1. The average molecular weight is 215 g/mol. The molecule has 2 N–H and O–H groups in total. The van der Waals surface area contributed by atoms with Gasteiger partial charge >= 0.3 is 0 Å². The van der Waals surface area contributed by atoms with Crippen molar-refractivity contribution in [3.05, 3.63) is 0 Å². The molecule has 0 radical (unpaired) electrons. The van der Waals surface area contributed by atoms with Crippen molar-refractivity contribution in [2.75, 3.05) is 26.9 Å². The summed E-state index contributed by atoms with van der Waals surface area (Å²) in [6.45, 7) is 1.23. The van der Waals surface area contributed by atoms with Crippen LogP contribution in [0.3, 0.4) is 0 Å². The lowest BCUT2D eigenvalue weighted by Gasteiger charge is -2.29. The zero-order chi connectivity index (χ0) is 11.1. The molecule has 2 unspecified atom stereocenters. The second kappa shape index (κ2) is 6.80. The van der Waals surface area contributed by atoms with Crippen LogP contribution in [-0.2, 0) is 9.53 Å². The first-order chi connectivity index (χ1) is 7.29. The Morgan fingerprint density at radius 1 is 1.47 bits per heavy atom. The lowest BCUT2D eigenvalue weighted by Crippen LogP contribution is -2.39. The van der Waals surface area contributed by atoms with E-state index in [-0.39, 0.29) is 24.3 Å². The molecule has 0 aromatic rings. The fraction of sp³-hybridized carbons (Fsp3) is 0.909. The van der Waals surface area contributed by atoms with Crippen molar-refractivity contribution in [2.45, 2.75) is 25.7 Å². The van der Waals surface area contributed by atoms with E-state index < -0.39 is 0 Å². The number of nitrogens with one attached hydrogen (secondary N) is 1. The van der Waals surface area contributed by atoms with Gasteiger partial charge in [0.05, 0.1) is 6.61 Å². The van der Waals surface area contributed by atoms with Crippen molar-refractivity contribution in [1.82, 2.24) is 5.32 Å². The van der Waals surface area contributed by atoms with E-state index in [1.54, 1.807) is 7.11 Å². The molecular formula is C11H21NO3. The molecule has 4 nitrogen and oxygen atoms in total. The number of carbonyl (C=O) groups excluding carboxylic acids is 1. The predicted molar refractivity (Wildman–Crippen MR) is 57.4 cm³/mol. The van der Waals surface area contributed by atoms with Crippen LogP contribution < -0.4 is 5.32 Å². The van der Waals surface area contributed by atoms with Gasteiger partial charge in [-0.3, -0.25) is 4.79 Å². The van der Waals surface area contributed by atoms with Crippen LogP contribution in [0, 0.1) is 11.8 Å². The van der Waals surface area contributed by atoms with Crippen molar-refractivity contribution in [2.24, 2.45) is 11.8 Å². The number of amides is 1. The lowest BCUT2D eigenvalue weighted by atomic mass is 9.79. The third-order valence-electron chi connectivity index (χ3n) is 3.09. The Labute approximate surface area is 91.0 Å². The minimum Gasteiger partial charge on any atom is -0.396 e. The Kier molecular flexibility index (Phi) is 5.65. The molecule has 1 rings (SSSR count). The first kappa shape index (κ1) is 12.5. The number of hydrogen-bond acceptors (Lipinski definition) is 3. The second-order valence-corrected chi connectivity index (χ2v) is 4.12. The Morgan fingerprint density at radius 2 is 2.20 bits per heavy atom. The summed E-state index contributed by atoms with van der Waals surface area (Å²) in [5, 5.41) is 12.0. The van der Waals surface area contributed by atoms with Crippen LogP contribution in [0.2, 0.25) is 0 Å². The summed E-state index contributed by atoms with van der Waals surface area (Å²) in [5.74, 6) is 0.229. The van der Waals surface area contributed by atoms with Crippen LogP contribution in [0.4, 0.5) is 0 Å². The molecule has 15 heavy (non-hydrogen) atoms. The molecule has 0 bridgehead atoms. The van der Waals surface area contributed by atoms with Gasteiger partial charge in [-0.2, -0.15) is 0 Å². The highest BCUT2D eigenvalue weighted by Crippen LogP contribution is 2.29. The summed E-state index contributed by atoms with van der Waals surface area (Å²) in [4.78, 5) is 11.8. The van der Waals surface area contributed by atoms with E-state index in [4.69, 9.17) is 4.74 Å². The van der Waals surface area contributed by atoms with Gasteiger partial charge in [-0.25, -0.2) is 0 Å². The standard InChI is InChI=1S/C11H21NO3/c1-15-7-6-12-11(14)10-5-3-2-4-9(10)8-13/h9-10,13H,2-8H2,1H3,(H,12,14). The summed E-state index contributed by atoms with van der Waals surface area (Å²) in [6, 6.07) is 0. The normalized spacial score (nSPS) is 26.3. The molecule has 1 aliphatic rings. The molecule has 4 heteroatoms. The van der Waals surface area contributed by atoms with E-state index in [9.17, 15) is 9.90 Å². The van der Waals surface area contributed by atoms with Crippen molar-refractivity contribution in [3.8, 4) is 0 Å². The monoisotopic (exact) mass is 215 g/mol. The molecule has 1 amide bonds. The quantitative estimate of drug-likeness (QED) is 0.658. The summed E-state index contributed by atoms with van der Waals surface area (Å²) in [7, 11) is 1.61. The van der Waals surface area contributed by atoms with Gasteiger partial charge in [0.2, 0.25) is 5.91 Å². The summed E-state index contributed by atoms with van der Waals surface area (Å²) in [5.41, 5.74) is 0. The van der Waals surface area contributed by atoms with E-state index in [1.165, 1.54) is 0 Å². The van der Waals surface area contributed by atoms with E-state index >= 15 is 0 Å². The maximum Gasteiger partial charge on any atom is 0.223 e. The highest BCUT2D eigenvalue weighted by molar-refractivity contribution is 5.79. The Morgan fingerprint density at radius 3 is 2.87 bits per heavy atom. The molecule has 1 saturated carbocycles. The van der Waals surface area contributed by atoms with Gasteiger partial charge in [0, 0.05) is 26.2 Å². The van der Waals surface area contributed by atoms with Crippen LogP contribution in [0.15, 0.2) is 0 Å². The Bertz CT molecular complexity index is 196. The van der Waals surface area contributed by atoms with E-state index in [2.05, 4.69) is 5.32 Å². The molecule has 0 saturated heterocycles. The first-order valence-corrected chi connectivity index (χ1v) is 5.67. The van der Waals surface area contributed by atoms with Crippen LogP contribution in [-0.4, -0.2) is 37.9 Å². The molecule has 0 aliphatic heterocycles. The van der Waals surface area contributed by atoms with Crippen molar-refractivity contribution in [1.29, 1.82) is 0 Å². The van der Waals surface area contributed by atoms with Gasteiger partial charge in [-0.05, 0) is 18.8 Å². The average Bonchev–Trinajstić information content (AvgIpc) is 2.29. The fourth-order valence-electron chi connectivity index (χ4n) is 2.18. The van der Waals surface area contributed by atoms with E-state index in [0.717, 1.165) is 25.7 Å². The number of rotatable bonds is 5. The molecule has 88 valence electrons. The number of aliphatic hydroxyl groups is 1. The second-order valence-electron chi connectivity index (χ2n) is 4.12. The van der Waals surface area contributed by atoms with Gasteiger partial charge in [0.1, 0.15) is 0 Å². The third-order valence-corrected chi connectivity index (χ3v) is 3.09. The number of carbonyl (C=O) groups is 1. The molecule has 1 aliphatic carbocycles. The highest BCUT2D eigenvalue weighted by atomic mass is 16.5. The van der Waals surface area contributed by atoms with Crippen LogP contribution in [0.1, 0.15) is 25.7 Å². The minimum atomic E-state index is 0.000561. The summed E-state index contributed by atoms with van der Waals surface area (Å²) in [6.07, 6.45) is 4.11. The number of methoxy groups -OCH3 is 1. The molecular weight excluding hydrogens is 194 g/mol. The van der Waals surface area contributed by atoms with Crippen molar-refractivity contribution in [3.63, 3.8) is 0 Å². The van der Waals surface area contributed by atoms with Crippen LogP contribution >= 0.6 is 0 Å². The van der Waals surface area contributed by atoms with Gasteiger partial charge in [0.15, 0.2) is 0 Å². The predicted octanol–water partition coefficient (Wildman–Crippen LogP) is 0.548. The lowest BCUT2D eigenvalue weighted by molar-refractivity contribution is -0.128. The topological polar surface area (TPSA) is 58.6 Å². The van der Waals surface area contributed by atoms with Crippen LogP contribution in [0.25, 0.3) is 0 Å². The smallest absolute Gasteiger partial charge is 0.223 e. The minimum absolute atomic E-state index is 0.000561. The SMILES string of the molecule is COCCNC(=O)C1CCCCC1CO. The first-order valence-electron chi connectivity index (χ1n) is 5.67. The largest absolute Gasteiger partial charge is 0.396 e. The molecule has 0 spiro atoms. The third kappa shape index (κ3) is 3.80. The number of aliphatic hydroxyl groups excluding tert-OH is 1. The summed E-state index contributed by atoms with van der Waals surface area (Å²) >= 11 is 0. The van der Waals surface area contributed by atoms with Gasteiger partial charge in [-0.15, -0.1) is 0 Å². The highest BCUT2D eigenvalue weighted by Gasteiger charge is 2.29. The van der Waals surface area contributed by atoms with E-state index in [0.29, 0.717) is 13.2 Å². The zero-order valence-electron chi connectivity index (χ0n) is 9.37. The van der Waals surface area contributed by atoms with Gasteiger partial charge in [0.25, 0.3) is 0 Å². The maximum absolute atomic E-state index is 11.8. The molecule has 1 fully saturated rings. The molecule has 0 aromatic carbocycles. The maximum atomic E-state index is 11.8. The molecule has 0 heterocycles. The van der Waals surface area contributed by atoms with Crippen molar-refractivity contribution >= 4 is 5.91 Å². The fourth-order valence-corrected chi connectivity index (χ4v) is 2.18.